The van der Waals surface area contributed by atoms with E-state index in [0.29, 0.717) is 6.54 Å². The summed E-state index contributed by atoms with van der Waals surface area (Å²) in [6.45, 7) is 7.24. The first-order valence-corrected chi connectivity index (χ1v) is 9.35. The fraction of sp³-hybridized carbons (Fsp3) is 0.571. The Kier molecular flexibility index (Phi) is 7.93. The van der Waals surface area contributed by atoms with E-state index in [2.05, 4.69) is 23.5 Å². The van der Waals surface area contributed by atoms with E-state index in [1.807, 2.05) is 0 Å². The number of ether oxygens (including phenoxy) is 1. The Morgan fingerprint density at radius 1 is 1.23 bits per heavy atom. The zero-order valence-electron chi connectivity index (χ0n) is 13.0. The highest BCUT2D eigenvalue weighted by molar-refractivity contribution is 7.89. The van der Waals surface area contributed by atoms with Crippen LogP contribution in [0.3, 0.4) is 0 Å². The first-order valence-electron chi connectivity index (χ1n) is 7.11. The molecule has 0 atom stereocenters. The van der Waals surface area contributed by atoms with E-state index in [-0.39, 0.29) is 20.7 Å². The maximum Gasteiger partial charge on any atom is 0.244 e. The SMILES string of the molecule is CCN(CC)CCCNS(=O)(=O)c1ccc(Cl)c(Cl)c1OC. The van der Waals surface area contributed by atoms with Crippen LogP contribution in [0.2, 0.25) is 10.0 Å². The molecule has 8 heteroatoms. The topological polar surface area (TPSA) is 58.6 Å². The fourth-order valence-electron chi connectivity index (χ4n) is 2.04. The zero-order valence-corrected chi connectivity index (χ0v) is 15.4. The number of nitrogens with zero attached hydrogens (tertiary/aromatic N) is 1. The van der Waals surface area contributed by atoms with Crippen LogP contribution < -0.4 is 9.46 Å². The Bertz CT molecular complexity index is 590. The van der Waals surface area contributed by atoms with Crippen molar-refractivity contribution < 1.29 is 13.2 Å². The maximum atomic E-state index is 12.4. The smallest absolute Gasteiger partial charge is 0.244 e. The summed E-state index contributed by atoms with van der Waals surface area (Å²) in [6.07, 6.45) is 0.727. The van der Waals surface area contributed by atoms with Crippen molar-refractivity contribution in [1.82, 2.24) is 9.62 Å². The van der Waals surface area contributed by atoms with Crippen molar-refractivity contribution in [2.75, 3.05) is 33.3 Å². The van der Waals surface area contributed by atoms with Crippen molar-refractivity contribution in [1.29, 1.82) is 0 Å². The van der Waals surface area contributed by atoms with Crippen LogP contribution in [0.25, 0.3) is 0 Å². The molecule has 1 aromatic carbocycles. The summed E-state index contributed by atoms with van der Waals surface area (Å²) >= 11 is 11.9. The van der Waals surface area contributed by atoms with Crippen molar-refractivity contribution in [2.45, 2.75) is 25.2 Å². The fourth-order valence-corrected chi connectivity index (χ4v) is 3.73. The molecule has 0 radical (unpaired) electrons. The van der Waals surface area contributed by atoms with E-state index >= 15 is 0 Å². The lowest BCUT2D eigenvalue weighted by molar-refractivity contribution is 0.300. The number of rotatable bonds is 9. The summed E-state index contributed by atoms with van der Waals surface area (Å²) in [5.41, 5.74) is 0. The molecule has 0 heterocycles. The first kappa shape index (κ1) is 19.5. The summed E-state index contributed by atoms with van der Waals surface area (Å²) in [4.78, 5) is 2.22. The molecule has 0 amide bonds. The van der Waals surface area contributed by atoms with Crippen LogP contribution in [-0.4, -0.2) is 46.6 Å². The molecule has 0 saturated heterocycles. The number of halogens is 2. The Balaban J connectivity index is 2.77. The van der Waals surface area contributed by atoms with Gasteiger partial charge >= 0.3 is 0 Å². The van der Waals surface area contributed by atoms with Gasteiger partial charge in [-0.15, -0.1) is 0 Å². The van der Waals surface area contributed by atoms with E-state index in [1.54, 1.807) is 0 Å². The summed E-state index contributed by atoms with van der Waals surface area (Å²) in [6, 6.07) is 2.83. The average molecular weight is 369 g/mol. The van der Waals surface area contributed by atoms with Gasteiger partial charge in [-0.05, 0) is 38.2 Å². The second kappa shape index (κ2) is 8.93. The van der Waals surface area contributed by atoms with Gasteiger partial charge in [0.1, 0.15) is 9.92 Å². The summed E-state index contributed by atoms with van der Waals surface area (Å²) in [7, 11) is -2.33. The van der Waals surface area contributed by atoms with Gasteiger partial charge in [-0.1, -0.05) is 37.0 Å². The molecule has 0 fully saturated rings. The Hall–Kier alpha value is -0.530. The molecule has 1 N–H and O–H groups in total. The molecule has 1 rings (SSSR count). The summed E-state index contributed by atoms with van der Waals surface area (Å²) in [5, 5.41) is 0.342. The molecule has 1 aromatic rings. The van der Waals surface area contributed by atoms with Crippen molar-refractivity contribution >= 4 is 33.2 Å². The van der Waals surface area contributed by atoms with Gasteiger partial charge in [0.15, 0.2) is 5.75 Å². The third-order valence-corrected chi connectivity index (χ3v) is 5.62. The normalized spacial score (nSPS) is 11.9. The third-order valence-electron chi connectivity index (χ3n) is 3.35. The molecule has 22 heavy (non-hydrogen) atoms. The first-order chi connectivity index (χ1) is 10.4. The lowest BCUT2D eigenvalue weighted by Crippen LogP contribution is -2.30. The third kappa shape index (κ3) is 4.99. The maximum absolute atomic E-state index is 12.4. The van der Waals surface area contributed by atoms with Crippen LogP contribution in [0.4, 0.5) is 0 Å². The predicted octanol–water partition coefficient (Wildman–Crippen LogP) is 3.01. The number of nitrogens with one attached hydrogen (secondary N) is 1. The van der Waals surface area contributed by atoms with Gasteiger partial charge in [0.05, 0.1) is 12.1 Å². The van der Waals surface area contributed by atoms with Crippen molar-refractivity contribution in [3.63, 3.8) is 0 Å². The molecule has 0 aliphatic carbocycles. The highest BCUT2D eigenvalue weighted by Gasteiger charge is 2.22. The minimum atomic E-state index is -3.69. The number of methoxy groups -OCH3 is 1. The van der Waals surface area contributed by atoms with Gasteiger partial charge in [-0.3, -0.25) is 0 Å². The molecule has 0 bridgehead atoms. The number of benzene rings is 1. The standard InChI is InChI=1S/C14H22Cl2N2O3S/c1-4-18(5-2)10-6-9-17-22(19,20)12-8-7-11(15)13(16)14(12)21-3/h7-8,17H,4-6,9-10H2,1-3H3. The average Bonchev–Trinajstić information content (AvgIpc) is 2.49. The molecule has 0 unspecified atom stereocenters. The highest BCUT2D eigenvalue weighted by atomic mass is 35.5. The molecule has 0 spiro atoms. The van der Waals surface area contributed by atoms with Gasteiger partial charge in [0, 0.05) is 6.54 Å². The minimum Gasteiger partial charge on any atom is -0.494 e. The number of sulfonamides is 1. The Labute approximate surface area is 142 Å². The van der Waals surface area contributed by atoms with Crippen molar-refractivity contribution in [3.8, 4) is 5.75 Å². The zero-order chi connectivity index (χ0) is 16.8. The van der Waals surface area contributed by atoms with Crippen LogP contribution in [-0.2, 0) is 10.0 Å². The molecule has 0 aromatic heterocycles. The lowest BCUT2D eigenvalue weighted by atomic mass is 10.3. The van der Waals surface area contributed by atoms with Gasteiger partial charge in [0.2, 0.25) is 10.0 Å². The number of hydrogen-bond donors (Lipinski definition) is 1. The largest absolute Gasteiger partial charge is 0.494 e. The van der Waals surface area contributed by atoms with Gasteiger partial charge in [-0.2, -0.15) is 0 Å². The van der Waals surface area contributed by atoms with Crippen molar-refractivity contribution in [2.24, 2.45) is 0 Å². The molecule has 0 saturated carbocycles. The van der Waals surface area contributed by atoms with Gasteiger partial charge in [0.25, 0.3) is 0 Å². The molecular formula is C14H22Cl2N2O3S. The predicted molar refractivity (Wildman–Crippen MR) is 90.6 cm³/mol. The molecule has 126 valence electrons. The second-order valence-electron chi connectivity index (χ2n) is 4.67. The van der Waals surface area contributed by atoms with E-state index in [4.69, 9.17) is 27.9 Å². The molecule has 0 aliphatic rings. The van der Waals surface area contributed by atoms with Crippen LogP contribution in [0.5, 0.6) is 5.75 Å². The highest BCUT2D eigenvalue weighted by Crippen LogP contribution is 2.37. The Morgan fingerprint density at radius 3 is 2.41 bits per heavy atom. The van der Waals surface area contributed by atoms with E-state index < -0.39 is 10.0 Å². The van der Waals surface area contributed by atoms with E-state index in [0.717, 1.165) is 26.1 Å². The van der Waals surface area contributed by atoms with Crippen LogP contribution in [0, 0.1) is 0 Å². The molecular weight excluding hydrogens is 347 g/mol. The Morgan fingerprint density at radius 2 is 1.86 bits per heavy atom. The molecule has 5 nitrogen and oxygen atoms in total. The van der Waals surface area contributed by atoms with Crippen LogP contribution >= 0.6 is 23.2 Å². The van der Waals surface area contributed by atoms with Gasteiger partial charge in [-0.25, -0.2) is 13.1 Å². The van der Waals surface area contributed by atoms with Crippen molar-refractivity contribution in [3.05, 3.63) is 22.2 Å². The quantitative estimate of drug-likeness (QED) is 0.680. The van der Waals surface area contributed by atoms with Crippen LogP contribution in [0.1, 0.15) is 20.3 Å². The van der Waals surface area contributed by atoms with Gasteiger partial charge < -0.3 is 9.64 Å². The number of hydrogen-bond acceptors (Lipinski definition) is 4. The van der Waals surface area contributed by atoms with E-state index in [1.165, 1.54) is 19.2 Å². The second-order valence-corrected chi connectivity index (χ2v) is 7.19. The lowest BCUT2D eigenvalue weighted by Gasteiger charge is -2.18. The summed E-state index contributed by atoms with van der Waals surface area (Å²) < 4.78 is 32.3. The minimum absolute atomic E-state index is 0.00719. The monoisotopic (exact) mass is 368 g/mol. The van der Waals surface area contributed by atoms with Crippen LogP contribution in [0.15, 0.2) is 17.0 Å². The molecule has 0 aliphatic heterocycles. The summed E-state index contributed by atoms with van der Waals surface area (Å²) in [5.74, 6) is 0.0606. The van der Waals surface area contributed by atoms with E-state index in [9.17, 15) is 8.42 Å².